The van der Waals surface area contributed by atoms with E-state index in [1.54, 1.807) is 0 Å². The summed E-state index contributed by atoms with van der Waals surface area (Å²) < 4.78 is 4.77. The van der Waals surface area contributed by atoms with E-state index in [2.05, 4.69) is 10.6 Å². The summed E-state index contributed by atoms with van der Waals surface area (Å²) in [5.74, 6) is 0.0749. The highest BCUT2D eigenvalue weighted by molar-refractivity contribution is 5.78. The maximum absolute atomic E-state index is 11.6. The predicted octanol–water partition coefficient (Wildman–Crippen LogP) is -0.890. The van der Waals surface area contributed by atoms with Crippen LogP contribution >= 0.6 is 0 Å². The van der Waals surface area contributed by atoms with Gasteiger partial charge in [-0.2, -0.15) is 0 Å². The third kappa shape index (κ3) is 4.59. The number of aliphatic hydroxyl groups is 1. The van der Waals surface area contributed by atoms with Crippen molar-refractivity contribution in [2.75, 3.05) is 33.4 Å². The molecule has 0 aromatic rings. The van der Waals surface area contributed by atoms with Gasteiger partial charge in [-0.05, 0) is 19.4 Å². The summed E-state index contributed by atoms with van der Waals surface area (Å²) in [6.45, 7) is 2.26. The Morgan fingerprint density at radius 3 is 3.13 bits per heavy atom. The van der Waals surface area contributed by atoms with Gasteiger partial charge < -0.3 is 20.5 Å². The highest BCUT2D eigenvalue weighted by Crippen LogP contribution is 2.09. The molecule has 1 heterocycles. The summed E-state index contributed by atoms with van der Waals surface area (Å²) >= 11 is 0. The SMILES string of the molecule is COCC(O)CNC(=O)[C@@H]1CCCNC1. The molecule has 1 amide bonds. The van der Waals surface area contributed by atoms with Gasteiger partial charge in [0.1, 0.15) is 0 Å². The Balaban J connectivity index is 2.16. The summed E-state index contributed by atoms with van der Waals surface area (Å²) in [7, 11) is 1.52. The van der Waals surface area contributed by atoms with Crippen LogP contribution in [-0.4, -0.2) is 50.5 Å². The quantitative estimate of drug-likeness (QED) is 0.557. The van der Waals surface area contributed by atoms with Gasteiger partial charge >= 0.3 is 0 Å². The second kappa shape index (κ2) is 6.76. The van der Waals surface area contributed by atoms with Gasteiger partial charge in [-0.15, -0.1) is 0 Å². The van der Waals surface area contributed by atoms with Crippen molar-refractivity contribution in [1.82, 2.24) is 10.6 Å². The number of methoxy groups -OCH3 is 1. The van der Waals surface area contributed by atoms with E-state index in [1.165, 1.54) is 7.11 Å². The van der Waals surface area contributed by atoms with Crippen LogP contribution in [0.2, 0.25) is 0 Å². The van der Waals surface area contributed by atoms with Gasteiger partial charge in [-0.25, -0.2) is 0 Å². The van der Waals surface area contributed by atoms with E-state index in [4.69, 9.17) is 4.74 Å². The first-order valence-corrected chi connectivity index (χ1v) is 5.39. The zero-order valence-corrected chi connectivity index (χ0v) is 9.16. The summed E-state index contributed by atoms with van der Waals surface area (Å²) in [6, 6.07) is 0. The fourth-order valence-electron chi connectivity index (χ4n) is 1.69. The van der Waals surface area contributed by atoms with Crippen LogP contribution in [0.1, 0.15) is 12.8 Å². The lowest BCUT2D eigenvalue weighted by molar-refractivity contribution is -0.126. The van der Waals surface area contributed by atoms with Gasteiger partial charge in [0.05, 0.1) is 18.6 Å². The summed E-state index contributed by atoms with van der Waals surface area (Å²) in [5.41, 5.74) is 0. The van der Waals surface area contributed by atoms with Crippen molar-refractivity contribution in [3.63, 3.8) is 0 Å². The van der Waals surface area contributed by atoms with Crippen molar-refractivity contribution in [2.45, 2.75) is 18.9 Å². The molecule has 0 aromatic carbocycles. The zero-order valence-electron chi connectivity index (χ0n) is 9.16. The first-order chi connectivity index (χ1) is 7.24. The first-order valence-electron chi connectivity index (χ1n) is 5.39. The minimum Gasteiger partial charge on any atom is -0.389 e. The largest absolute Gasteiger partial charge is 0.389 e. The number of amides is 1. The Hall–Kier alpha value is -0.650. The second-order valence-corrected chi connectivity index (χ2v) is 3.90. The number of carbonyl (C=O) groups is 1. The summed E-state index contributed by atoms with van der Waals surface area (Å²) in [6.07, 6.45) is 1.35. The average Bonchev–Trinajstić information content (AvgIpc) is 2.27. The van der Waals surface area contributed by atoms with Gasteiger partial charge in [0.25, 0.3) is 0 Å². The first kappa shape index (κ1) is 12.4. The van der Waals surface area contributed by atoms with Crippen molar-refractivity contribution in [3.05, 3.63) is 0 Å². The third-order valence-electron chi connectivity index (χ3n) is 2.54. The van der Waals surface area contributed by atoms with Crippen LogP contribution in [0.4, 0.5) is 0 Å². The molecule has 5 heteroatoms. The monoisotopic (exact) mass is 216 g/mol. The fourth-order valence-corrected chi connectivity index (χ4v) is 1.69. The predicted molar refractivity (Wildman–Crippen MR) is 56.5 cm³/mol. The fraction of sp³-hybridized carbons (Fsp3) is 0.900. The van der Waals surface area contributed by atoms with Crippen LogP contribution in [0.3, 0.4) is 0 Å². The van der Waals surface area contributed by atoms with E-state index in [-0.39, 0.29) is 25.0 Å². The van der Waals surface area contributed by atoms with Gasteiger partial charge in [0.2, 0.25) is 5.91 Å². The number of ether oxygens (including phenoxy) is 1. The Morgan fingerprint density at radius 2 is 2.53 bits per heavy atom. The van der Waals surface area contributed by atoms with Gasteiger partial charge in [-0.3, -0.25) is 4.79 Å². The average molecular weight is 216 g/mol. The summed E-state index contributed by atoms with van der Waals surface area (Å²) in [5, 5.41) is 15.2. The van der Waals surface area contributed by atoms with Crippen molar-refractivity contribution in [3.8, 4) is 0 Å². The molecule has 0 aromatic heterocycles. The Morgan fingerprint density at radius 1 is 1.73 bits per heavy atom. The number of nitrogens with one attached hydrogen (secondary N) is 2. The van der Waals surface area contributed by atoms with Crippen molar-refractivity contribution in [2.24, 2.45) is 5.92 Å². The van der Waals surface area contributed by atoms with E-state index < -0.39 is 6.10 Å². The highest BCUT2D eigenvalue weighted by Gasteiger charge is 2.20. The number of carbonyl (C=O) groups excluding carboxylic acids is 1. The van der Waals surface area contributed by atoms with Crippen molar-refractivity contribution < 1.29 is 14.6 Å². The Bertz CT molecular complexity index is 193. The maximum atomic E-state index is 11.6. The number of hydrogen-bond donors (Lipinski definition) is 3. The van der Waals surface area contributed by atoms with E-state index in [9.17, 15) is 9.90 Å². The smallest absolute Gasteiger partial charge is 0.224 e. The molecule has 1 unspecified atom stereocenters. The van der Waals surface area contributed by atoms with Crippen LogP contribution in [0.25, 0.3) is 0 Å². The van der Waals surface area contributed by atoms with Crippen LogP contribution in [0.15, 0.2) is 0 Å². The van der Waals surface area contributed by atoms with Crippen LogP contribution in [0.5, 0.6) is 0 Å². The van der Waals surface area contributed by atoms with Crippen molar-refractivity contribution >= 4 is 5.91 Å². The van der Waals surface area contributed by atoms with Gasteiger partial charge in [0, 0.05) is 20.2 Å². The summed E-state index contributed by atoms with van der Waals surface area (Å²) in [4.78, 5) is 11.6. The molecule has 5 nitrogen and oxygen atoms in total. The van der Waals surface area contributed by atoms with Gasteiger partial charge in [0.15, 0.2) is 0 Å². The van der Waals surface area contributed by atoms with E-state index in [0.717, 1.165) is 25.9 Å². The standard InChI is InChI=1S/C10H20N2O3/c1-15-7-9(13)6-12-10(14)8-3-2-4-11-5-8/h8-9,11,13H,2-7H2,1H3,(H,12,14)/t8-,9?/m1/s1. The zero-order chi connectivity index (χ0) is 11.1. The lowest BCUT2D eigenvalue weighted by atomic mass is 9.99. The van der Waals surface area contributed by atoms with E-state index in [0.29, 0.717) is 0 Å². The number of piperidine rings is 1. The Kier molecular flexibility index (Phi) is 5.60. The molecule has 15 heavy (non-hydrogen) atoms. The second-order valence-electron chi connectivity index (χ2n) is 3.90. The lowest BCUT2D eigenvalue weighted by Crippen LogP contribution is -2.43. The number of aliphatic hydroxyl groups excluding tert-OH is 1. The minimum absolute atomic E-state index is 0.0253. The Labute approximate surface area is 90.2 Å². The molecule has 2 atom stereocenters. The molecule has 1 rings (SSSR count). The molecule has 1 aliphatic heterocycles. The molecule has 88 valence electrons. The molecule has 0 bridgehead atoms. The third-order valence-corrected chi connectivity index (χ3v) is 2.54. The number of rotatable bonds is 5. The molecule has 1 fully saturated rings. The molecule has 0 radical (unpaired) electrons. The normalized spacial score (nSPS) is 23.5. The molecule has 0 aliphatic carbocycles. The van der Waals surface area contributed by atoms with Crippen LogP contribution in [0, 0.1) is 5.92 Å². The van der Waals surface area contributed by atoms with Crippen LogP contribution in [-0.2, 0) is 9.53 Å². The lowest BCUT2D eigenvalue weighted by Gasteiger charge is -2.22. The molecule has 0 spiro atoms. The maximum Gasteiger partial charge on any atom is 0.224 e. The molecular weight excluding hydrogens is 196 g/mol. The van der Waals surface area contributed by atoms with E-state index in [1.807, 2.05) is 0 Å². The molecule has 1 saturated heterocycles. The van der Waals surface area contributed by atoms with Gasteiger partial charge in [-0.1, -0.05) is 0 Å². The molecule has 1 aliphatic rings. The number of hydrogen-bond acceptors (Lipinski definition) is 4. The molecule has 0 saturated carbocycles. The molecular formula is C10H20N2O3. The topological polar surface area (TPSA) is 70.6 Å². The van der Waals surface area contributed by atoms with Crippen molar-refractivity contribution in [1.29, 1.82) is 0 Å². The highest BCUT2D eigenvalue weighted by atomic mass is 16.5. The molecule has 3 N–H and O–H groups in total. The van der Waals surface area contributed by atoms with E-state index >= 15 is 0 Å². The van der Waals surface area contributed by atoms with Crippen LogP contribution < -0.4 is 10.6 Å². The minimum atomic E-state index is -0.615.